The molecule has 1 heterocycles. The van der Waals surface area contributed by atoms with Crippen molar-refractivity contribution < 1.29 is 9.53 Å². The number of carbonyl (C=O) groups is 1. The molecule has 98 valence electrons. The Bertz CT molecular complexity index is 481. The molecule has 1 aliphatic heterocycles. The van der Waals surface area contributed by atoms with Crippen molar-refractivity contribution >= 4 is 5.78 Å². The van der Waals surface area contributed by atoms with E-state index in [9.17, 15) is 4.79 Å². The van der Waals surface area contributed by atoms with E-state index < -0.39 is 0 Å². The van der Waals surface area contributed by atoms with Crippen molar-refractivity contribution in [2.45, 2.75) is 59.0 Å². The number of rotatable bonds is 2. The molecule has 1 aliphatic rings. The minimum Gasteiger partial charge on any atom is -0.481 e. The van der Waals surface area contributed by atoms with Gasteiger partial charge in [0.15, 0.2) is 6.10 Å². The Balaban J connectivity index is 2.61. The van der Waals surface area contributed by atoms with Gasteiger partial charge in [0.2, 0.25) is 5.78 Å². The summed E-state index contributed by atoms with van der Waals surface area (Å²) in [4.78, 5) is 12.3. The highest BCUT2D eigenvalue weighted by Crippen LogP contribution is 2.40. The maximum absolute atomic E-state index is 12.3. The van der Waals surface area contributed by atoms with Crippen LogP contribution in [0.1, 0.15) is 62.5 Å². The van der Waals surface area contributed by atoms with Crippen LogP contribution in [0.5, 0.6) is 5.75 Å². The van der Waals surface area contributed by atoms with Crippen LogP contribution in [0, 0.1) is 0 Å². The quantitative estimate of drug-likeness (QED) is 0.791. The normalized spacial score (nSPS) is 18.7. The second-order valence-electron chi connectivity index (χ2n) is 6.00. The lowest BCUT2D eigenvalue weighted by atomic mass is 9.83. The van der Waals surface area contributed by atoms with Gasteiger partial charge in [-0.05, 0) is 29.9 Å². The number of benzene rings is 1. The van der Waals surface area contributed by atoms with Crippen LogP contribution in [0.25, 0.3) is 0 Å². The molecule has 1 aromatic rings. The van der Waals surface area contributed by atoms with Crippen LogP contribution in [0.3, 0.4) is 0 Å². The molecule has 0 saturated heterocycles. The summed E-state index contributed by atoms with van der Waals surface area (Å²) in [5.74, 6) is 0.963. The number of hydrogen-bond acceptors (Lipinski definition) is 2. The zero-order valence-corrected chi connectivity index (χ0v) is 12.0. The van der Waals surface area contributed by atoms with Gasteiger partial charge < -0.3 is 4.74 Å². The zero-order chi connectivity index (χ0) is 13.5. The Morgan fingerprint density at radius 2 is 1.89 bits per heavy atom. The van der Waals surface area contributed by atoms with Gasteiger partial charge in [-0.3, -0.25) is 4.79 Å². The minimum absolute atomic E-state index is 0.00181. The summed E-state index contributed by atoms with van der Waals surface area (Å²) in [7, 11) is 0. The van der Waals surface area contributed by atoms with Crippen molar-refractivity contribution in [1.29, 1.82) is 0 Å². The summed E-state index contributed by atoms with van der Waals surface area (Å²) in [6.07, 6.45) is 1.40. The highest BCUT2D eigenvalue weighted by Gasteiger charge is 2.35. The minimum atomic E-state index is -0.284. The van der Waals surface area contributed by atoms with Crippen molar-refractivity contribution in [3.8, 4) is 5.75 Å². The van der Waals surface area contributed by atoms with E-state index in [-0.39, 0.29) is 17.3 Å². The second kappa shape index (κ2) is 4.42. The Kier molecular flexibility index (Phi) is 3.22. The molecule has 2 heteroatoms. The number of hydrogen-bond donors (Lipinski definition) is 0. The number of aryl methyl sites for hydroxylation is 1. The molecule has 18 heavy (non-hydrogen) atoms. The number of fused-ring (bicyclic) bond motifs is 1. The fourth-order valence-corrected chi connectivity index (χ4v) is 2.40. The van der Waals surface area contributed by atoms with E-state index in [1.54, 1.807) is 0 Å². The van der Waals surface area contributed by atoms with E-state index in [0.29, 0.717) is 0 Å². The van der Waals surface area contributed by atoms with Crippen LogP contribution in [-0.4, -0.2) is 11.9 Å². The van der Waals surface area contributed by atoms with Crippen LogP contribution in [0.4, 0.5) is 0 Å². The van der Waals surface area contributed by atoms with Gasteiger partial charge in [0, 0.05) is 5.56 Å². The summed E-state index contributed by atoms with van der Waals surface area (Å²) in [6, 6.07) is 4.19. The highest BCUT2D eigenvalue weighted by atomic mass is 16.5. The summed E-state index contributed by atoms with van der Waals surface area (Å²) in [6.45, 7) is 10.6. The maximum Gasteiger partial charge on any atom is 0.207 e. The van der Waals surface area contributed by atoms with E-state index in [1.807, 2.05) is 13.0 Å². The maximum atomic E-state index is 12.3. The third-order valence-corrected chi connectivity index (χ3v) is 3.55. The summed E-state index contributed by atoms with van der Waals surface area (Å²) >= 11 is 0. The molecule has 2 rings (SSSR count). The van der Waals surface area contributed by atoms with Gasteiger partial charge in [0.05, 0.1) is 5.56 Å². The standard InChI is InChI=1S/C16H22O2/c1-6-10-8-11-14(17)13(7-2)18-15(11)12(9-10)16(3,4)5/h8-9,13H,6-7H2,1-5H3. The lowest BCUT2D eigenvalue weighted by molar-refractivity contribution is 0.0851. The zero-order valence-electron chi connectivity index (χ0n) is 12.0. The molecule has 0 bridgehead atoms. The van der Waals surface area contributed by atoms with Crippen molar-refractivity contribution in [3.63, 3.8) is 0 Å². The van der Waals surface area contributed by atoms with Gasteiger partial charge in [-0.2, -0.15) is 0 Å². The molecule has 0 amide bonds. The van der Waals surface area contributed by atoms with E-state index in [2.05, 4.69) is 33.8 Å². The number of ether oxygens (including phenoxy) is 1. The molecule has 0 radical (unpaired) electrons. The second-order valence-corrected chi connectivity index (χ2v) is 6.00. The molecule has 0 N–H and O–H groups in total. The molecule has 1 unspecified atom stereocenters. The molecule has 0 saturated carbocycles. The molecule has 0 aromatic heterocycles. The van der Waals surface area contributed by atoms with Crippen molar-refractivity contribution in [2.24, 2.45) is 0 Å². The Hall–Kier alpha value is -1.31. The first-order chi connectivity index (χ1) is 8.38. The summed E-state index contributed by atoms with van der Waals surface area (Å²) < 4.78 is 5.88. The van der Waals surface area contributed by atoms with Crippen LogP contribution in [0.2, 0.25) is 0 Å². The molecule has 0 spiro atoms. The van der Waals surface area contributed by atoms with Crippen molar-refractivity contribution in [1.82, 2.24) is 0 Å². The molecule has 1 aromatic carbocycles. The fraction of sp³-hybridized carbons (Fsp3) is 0.562. The Morgan fingerprint density at radius 1 is 1.22 bits per heavy atom. The van der Waals surface area contributed by atoms with Gasteiger partial charge in [-0.1, -0.05) is 40.7 Å². The fourth-order valence-electron chi connectivity index (χ4n) is 2.40. The van der Waals surface area contributed by atoms with Gasteiger partial charge in [-0.25, -0.2) is 0 Å². The van der Waals surface area contributed by atoms with Gasteiger partial charge >= 0.3 is 0 Å². The molecular weight excluding hydrogens is 224 g/mol. The summed E-state index contributed by atoms with van der Waals surface area (Å²) in [5.41, 5.74) is 3.15. The number of ketones is 1. The average molecular weight is 246 g/mol. The van der Waals surface area contributed by atoms with Crippen molar-refractivity contribution in [3.05, 3.63) is 28.8 Å². The average Bonchev–Trinajstić information content (AvgIpc) is 2.64. The first-order valence-electron chi connectivity index (χ1n) is 6.76. The van der Waals surface area contributed by atoms with E-state index in [1.165, 1.54) is 5.56 Å². The van der Waals surface area contributed by atoms with Gasteiger partial charge in [-0.15, -0.1) is 0 Å². The lowest BCUT2D eigenvalue weighted by Gasteiger charge is -2.23. The van der Waals surface area contributed by atoms with Gasteiger partial charge in [0.1, 0.15) is 5.75 Å². The van der Waals surface area contributed by atoms with Crippen LogP contribution in [-0.2, 0) is 11.8 Å². The predicted octanol–water partition coefficient (Wildman–Crippen LogP) is 3.90. The van der Waals surface area contributed by atoms with E-state index in [0.717, 1.165) is 29.7 Å². The molecule has 2 nitrogen and oxygen atoms in total. The van der Waals surface area contributed by atoms with Crippen LogP contribution < -0.4 is 4.74 Å². The topological polar surface area (TPSA) is 26.3 Å². The van der Waals surface area contributed by atoms with Crippen LogP contribution in [0.15, 0.2) is 12.1 Å². The van der Waals surface area contributed by atoms with Crippen molar-refractivity contribution in [2.75, 3.05) is 0 Å². The molecule has 1 atom stereocenters. The third kappa shape index (κ3) is 2.05. The number of Topliss-reactive ketones (excluding diaryl/α,β-unsaturated/α-hetero) is 1. The molecule has 0 fully saturated rings. The van der Waals surface area contributed by atoms with Crippen LogP contribution >= 0.6 is 0 Å². The Labute approximate surface area is 109 Å². The molecular formula is C16H22O2. The number of carbonyl (C=O) groups excluding carboxylic acids is 1. The third-order valence-electron chi connectivity index (χ3n) is 3.55. The SMILES string of the molecule is CCc1cc2c(c(C(C)(C)C)c1)OC(CC)C2=O. The van der Waals surface area contributed by atoms with Gasteiger partial charge in [0.25, 0.3) is 0 Å². The Morgan fingerprint density at radius 3 is 2.39 bits per heavy atom. The smallest absolute Gasteiger partial charge is 0.207 e. The highest BCUT2D eigenvalue weighted by molar-refractivity contribution is 6.05. The lowest BCUT2D eigenvalue weighted by Crippen LogP contribution is -2.19. The summed E-state index contributed by atoms with van der Waals surface area (Å²) in [5, 5.41) is 0. The first-order valence-corrected chi connectivity index (χ1v) is 6.76. The van der Waals surface area contributed by atoms with E-state index in [4.69, 9.17) is 4.74 Å². The van der Waals surface area contributed by atoms with E-state index >= 15 is 0 Å². The first kappa shape index (κ1) is 13.1. The predicted molar refractivity (Wildman–Crippen MR) is 73.6 cm³/mol. The largest absolute Gasteiger partial charge is 0.481 e. The molecule has 0 aliphatic carbocycles. The monoisotopic (exact) mass is 246 g/mol.